The molecule has 1 aromatic heterocycles. The van der Waals surface area contributed by atoms with E-state index in [4.69, 9.17) is 0 Å². The van der Waals surface area contributed by atoms with E-state index in [2.05, 4.69) is 18.8 Å². The van der Waals surface area contributed by atoms with Crippen molar-refractivity contribution in [3.8, 4) is 0 Å². The van der Waals surface area contributed by atoms with Gasteiger partial charge in [0.15, 0.2) is 0 Å². The van der Waals surface area contributed by atoms with Crippen LogP contribution in [0.25, 0.3) is 0 Å². The number of rotatable bonds is 2. The molecule has 1 aliphatic heterocycles. The van der Waals surface area contributed by atoms with Gasteiger partial charge in [-0.1, -0.05) is 20.3 Å². The van der Waals surface area contributed by atoms with Crippen LogP contribution in [0.2, 0.25) is 0 Å². The quantitative estimate of drug-likeness (QED) is 0.742. The smallest absolute Gasteiger partial charge is 0.253 e. The summed E-state index contributed by atoms with van der Waals surface area (Å²) in [7, 11) is 0. The Morgan fingerprint density at radius 2 is 2.40 bits per heavy atom. The molecule has 0 saturated carbocycles. The van der Waals surface area contributed by atoms with Gasteiger partial charge < -0.3 is 0 Å². The lowest BCUT2D eigenvalue weighted by Gasteiger charge is -2.23. The van der Waals surface area contributed by atoms with E-state index in [-0.39, 0.29) is 5.56 Å². The van der Waals surface area contributed by atoms with Gasteiger partial charge in [-0.3, -0.25) is 9.36 Å². The van der Waals surface area contributed by atoms with Crippen LogP contribution in [0.1, 0.15) is 50.5 Å². The molecular formula is C12H18N2O. The van der Waals surface area contributed by atoms with Crippen LogP contribution in [0.15, 0.2) is 10.9 Å². The van der Waals surface area contributed by atoms with Crippen LogP contribution in [0.5, 0.6) is 0 Å². The zero-order valence-electron chi connectivity index (χ0n) is 9.49. The molecule has 0 aliphatic carbocycles. The first-order valence-electron chi connectivity index (χ1n) is 5.83. The van der Waals surface area contributed by atoms with E-state index in [1.165, 1.54) is 0 Å². The molecule has 82 valence electrons. The van der Waals surface area contributed by atoms with Gasteiger partial charge >= 0.3 is 0 Å². The Balaban J connectivity index is 2.47. The van der Waals surface area contributed by atoms with E-state index in [9.17, 15) is 4.79 Å². The first kappa shape index (κ1) is 10.4. The SMILES string of the molecule is CCCc1cc(=O)n2c(n1)C(C)CCC2. The third-order valence-electron chi connectivity index (χ3n) is 3.06. The summed E-state index contributed by atoms with van der Waals surface area (Å²) < 4.78 is 1.84. The molecule has 2 heterocycles. The van der Waals surface area contributed by atoms with Gasteiger partial charge in [0.2, 0.25) is 0 Å². The summed E-state index contributed by atoms with van der Waals surface area (Å²) in [5, 5.41) is 0. The fraction of sp³-hybridized carbons (Fsp3) is 0.667. The molecule has 0 N–H and O–H groups in total. The summed E-state index contributed by atoms with van der Waals surface area (Å²) in [6, 6.07) is 1.70. The summed E-state index contributed by atoms with van der Waals surface area (Å²) in [5.74, 6) is 1.43. The van der Waals surface area contributed by atoms with E-state index in [0.717, 1.165) is 43.7 Å². The molecular weight excluding hydrogens is 188 g/mol. The lowest BCUT2D eigenvalue weighted by molar-refractivity contribution is 0.439. The molecule has 0 amide bonds. The van der Waals surface area contributed by atoms with Crippen molar-refractivity contribution in [1.82, 2.24) is 9.55 Å². The average Bonchev–Trinajstić information content (AvgIpc) is 2.20. The number of aromatic nitrogens is 2. The molecule has 15 heavy (non-hydrogen) atoms. The molecule has 1 atom stereocenters. The van der Waals surface area contributed by atoms with Gasteiger partial charge in [0.05, 0.1) is 0 Å². The topological polar surface area (TPSA) is 34.9 Å². The van der Waals surface area contributed by atoms with Gasteiger partial charge in [-0.05, 0) is 19.3 Å². The summed E-state index contributed by atoms with van der Waals surface area (Å²) in [6.07, 6.45) is 4.21. The van der Waals surface area contributed by atoms with Gasteiger partial charge in [0.25, 0.3) is 5.56 Å². The second kappa shape index (κ2) is 4.17. The van der Waals surface area contributed by atoms with Crippen molar-refractivity contribution < 1.29 is 0 Å². The summed E-state index contributed by atoms with van der Waals surface area (Å²) in [4.78, 5) is 16.4. The molecule has 3 heteroatoms. The second-order valence-corrected chi connectivity index (χ2v) is 4.39. The summed E-state index contributed by atoms with van der Waals surface area (Å²) in [6.45, 7) is 5.12. The Morgan fingerprint density at radius 1 is 1.60 bits per heavy atom. The molecule has 0 aromatic carbocycles. The van der Waals surface area contributed by atoms with E-state index in [0.29, 0.717) is 5.92 Å². The highest BCUT2D eigenvalue weighted by Gasteiger charge is 2.19. The van der Waals surface area contributed by atoms with Crippen molar-refractivity contribution in [3.63, 3.8) is 0 Å². The highest BCUT2D eigenvalue weighted by molar-refractivity contribution is 5.09. The fourth-order valence-corrected chi connectivity index (χ4v) is 2.24. The number of fused-ring (bicyclic) bond motifs is 1. The standard InChI is InChI=1S/C12H18N2O/c1-3-5-10-8-11(15)14-7-4-6-9(2)12(14)13-10/h8-9H,3-7H2,1-2H3. The minimum atomic E-state index is 0.134. The van der Waals surface area contributed by atoms with Crippen LogP contribution < -0.4 is 5.56 Å². The molecule has 0 radical (unpaired) electrons. The van der Waals surface area contributed by atoms with Gasteiger partial charge in [0.1, 0.15) is 5.82 Å². The zero-order chi connectivity index (χ0) is 10.8. The maximum absolute atomic E-state index is 11.8. The molecule has 0 fully saturated rings. The van der Waals surface area contributed by atoms with Crippen molar-refractivity contribution in [2.75, 3.05) is 0 Å². The van der Waals surface area contributed by atoms with E-state index >= 15 is 0 Å². The van der Waals surface area contributed by atoms with Crippen molar-refractivity contribution in [2.24, 2.45) is 0 Å². The average molecular weight is 206 g/mol. The van der Waals surface area contributed by atoms with Crippen molar-refractivity contribution in [2.45, 2.75) is 52.0 Å². The minimum absolute atomic E-state index is 0.134. The highest BCUT2D eigenvalue weighted by atomic mass is 16.1. The fourth-order valence-electron chi connectivity index (χ4n) is 2.24. The Hall–Kier alpha value is -1.12. The maximum atomic E-state index is 11.8. The van der Waals surface area contributed by atoms with E-state index in [1.54, 1.807) is 6.07 Å². The van der Waals surface area contributed by atoms with Gasteiger partial charge in [-0.15, -0.1) is 0 Å². The third-order valence-corrected chi connectivity index (χ3v) is 3.06. The highest BCUT2D eigenvalue weighted by Crippen LogP contribution is 2.23. The van der Waals surface area contributed by atoms with Crippen molar-refractivity contribution in [3.05, 3.63) is 27.9 Å². The summed E-state index contributed by atoms with van der Waals surface area (Å²) >= 11 is 0. The molecule has 1 unspecified atom stereocenters. The normalized spacial score (nSPS) is 20.0. The van der Waals surface area contributed by atoms with Gasteiger partial charge in [-0.2, -0.15) is 0 Å². The van der Waals surface area contributed by atoms with E-state index in [1.807, 2.05) is 4.57 Å². The first-order valence-corrected chi connectivity index (χ1v) is 5.83. The largest absolute Gasteiger partial charge is 0.296 e. The monoisotopic (exact) mass is 206 g/mol. The molecule has 1 aliphatic rings. The Bertz CT molecular complexity index is 409. The van der Waals surface area contributed by atoms with Crippen LogP contribution in [-0.2, 0) is 13.0 Å². The van der Waals surface area contributed by atoms with E-state index < -0.39 is 0 Å². The number of aryl methyl sites for hydroxylation is 1. The van der Waals surface area contributed by atoms with Crippen LogP contribution in [0.4, 0.5) is 0 Å². The number of hydrogen-bond donors (Lipinski definition) is 0. The molecule has 2 rings (SSSR count). The maximum Gasteiger partial charge on any atom is 0.253 e. The predicted molar refractivity (Wildman–Crippen MR) is 60.1 cm³/mol. The Kier molecular flexibility index (Phi) is 2.89. The van der Waals surface area contributed by atoms with Crippen LogP contribution >= 0.6 is 0 Å². The minimum Gasteiger partial charge on any atom is -0.296 e. The number of nitrogens with zero attached hydrogens (tertiary/aromatic N) is 2. The van der Waals surface area contributed by atoms with Crippen LogP contribution in [0.3, 0.4) is 0 Å². The zero-order valence-corrected chi connectivity index (χ0v) is 9.49. The Labute approximate surface area is 90.2 Å². The van der Waals surface area contributed by atoms with Gasteiger partial charge in [-0.25, -0.2) is 4.98 Å². The van der Waals surface area contributed by atoms with Crippen molar-refractivity contribution in [1.29, 1.82) is 0 Å². The van der Waals surface area contributed by atoms with Crippen molar-refractivity contribution >= 4 is 0 Å². The molecule has 0 saturated heterocycles. The number of hydrogen-bond acceptors (Lipinski definition) is 2. The summed E-state index contributed by atoms with van der Waals surface area (Å²) in [5.41, 5.74) is 1.09. The molecule has 0 bridgehead atoms. The lowest BCUT2D eigenvalue weighted by Crippen LogP contribution is -2.30. The Morgan fingerprint density at radius 3 is 3.13 bits per heavy atom. The first-order chi connectivity index (χ1) is 7.22. The predicted octanol–water partition coefficient (Wildman–Crippen LogP) is 2.09. The second-order valence-electron chi connectivity index (χ2n) is 4.39. The lowest BCUT2D eigenvalue weighted by atomic mass is 10.0. The van der Waals surface area contributed by atoms with Gasteiger partial charge in [0, 0.05) is 24.2 Å². The van der Waals surface area contributed by atoms with Crippen LogP contribution in [-0.4, -0.2) is 9.55 Å². The van der Waals surface area contributed by atoms with Crippen LogP contribution in [0, 0.1) is 0 Å². The molecule has 1 aromatic rings. The molecule has 0 spiro atoms. The molecule has 3 nitrogen and oxygen atoms in total. The third kappa shape index (κ3) is 1.96.